The summed E-state index contributed by atoms with van der Waals surface area (Å²) in [6, 6.07) is 6.75. The van der Waals surface area contributed by atoms with Crippen LogP contribution in [0.3, 0.4) is 0 Å². The van der Waals surface area contributed by atoms with Gasteiger partial charge in [0.1, 0.15) is 0 Å². The molecule has 0 aliphatic carbocycles. The topological polar surface area (TPSA) is 32.3 Å². The number of benzene rings is 1. The maximum atomic E-state index is 11.9. The van der Waals surface area contributed by atoms with Gasteiger partial charge in [0.25, 0.3) is 5.91 Å². The Morgan fingerprint density at radius 1 is 1.09 bits per heavy atom. The van der Waals surface area contributed by atoms with E-state index in [2.05, 4.69) is 36.2 Å². The van der Waals surface area contributed by atoms with Crippen molar-refractivity contribution in [1.29, 1.82) is 0 Å². The second-order valence-corrected chi connectivity index (χ2v) is 5.47. The van der Waals surface area contributed by atoms with Crippen LogP contribution in [-0.2, 0) is 12.8 Å². The summed E-state index contributed by atoms with van der Waals surface area (Å²) in [5.41, 5.74) is 3.53. The van der Waals surface area contributed by atoms with Crippen LogP contribution in [0.25, 0.3) is 0 Å². The minimum absolute atomic E-state index is 0.0373. The number of carbonyl (C=O) groups is 1. The number of nitrogens with one attached hydrogen (secondary N) is 1. The molecule has 0 atom stereocenters. The molecule has 0 saturated carbocycles. The van der Waals surface area contributed by atoms with Crippen molar-refractivity contribution in [2.24, 2.45) is 0 Å². The molecule has 0 bridgehead atoms. The fourth-order valence-corrected chi connectivity index (χ4v) is 2.66. The van der Waals surface area contributed by atoms with Crippen LogP contribution >= 0.6 is 0 Å². The lowest BCUT2D eigenvalue weighted by Gasteiger charge is -2.23. The minimum Gasteiger partial charge on any atom is -0.352 e. The fourth-order valence-electron chi connectivity index (χ4n) is 2.66. The Morgan fingerprint density at radius 3 is 2.17 bits per heavy atom. The molecule has 1 aliphatic heterocycles. The molecule has 0 spiro atoms. The summed E-state index contributed by atoms with van der Waals surface area (Å²) >= 11 is 0. The molecule has 0 fully saturated rings. The van der Waals surface area contributed by atoms with Crippen molar-refractivity contribution in [2.75, 3.05) is 19.6 Å². The van der Waals surface area contributed by atoms with Crippen molar-refractivity contribution in [1.82, 2.24) is 10.2 Å². The zero-order chi connectivity index (χ0) is 17.8. The van der Waals surface area contributed by atoms with Gasteiger partial charge in [-0.05, 0) is 56.9 Å². The van der Waals surface area contributed by atoms with Crippen molar-refractivity contribution < 1.29 is 4.79 Å². The highest BCUT2D eigenvalue weighted by Crippen LogP contribution is 2.19. The van der Waals surface area contributed by atoms with Gasteiger partial charge in [0.15, 0.2) is 0 Å². The number of amides is 1. The molecule has 0 radical (unpaired) electrons. The SMILES string of the molecule is CC.CC.CCNC(=O)c1ccc2c(c1)CCN(C(C)C)CC2. The van der Waals surface area contributed by atoms with Crippen LogP contribution in [-0.4, -0.2) is 36.5 Å². The second-order valence-electron chi connectivity index (χ2n) is 5.47. The largest absolute Gasteiger partial charge is 0.352 e. The van der Waals surface area contributed by atoms with E-state index in [1.54, 1.807) is 0 Å². The number of rotatable bonds is 3. The second kappa shape index (κ2) is 12.1. The summed E-state index contributed by atoms with van der Waals surface area (Å²) in [6.07, 6.45) is 2.13. The van der Waals surface area contributed by atoms with E-state index in [1.165, 1.54) is 11.1 Å². The van der Waals surface area contributed by atoms with E-state index in [-0.39, 0.29) is 5.91 Å². The average molecular weight is 321 g/mol. The van der Waals surface area contributed by atoms with Gasteiger partial charge in [-0.1, -0.05) is 33.8 Å². The molecular weight excluding hydrogens is 284 g/mol. The molecule has 1 aromatic carbocycles. The summed E-state index contributed by atoms with van der Waals surface area (Å²) in [6.45, 7) is 17.3. The van der Waals surface area contributed by atoms with Gasteiger partial charge >= 0.3 is 0 Å². The van der Waals surface area contributed by atoms with Gasteiger partial charge in [-0.25, -0.2) is 0 Å². The molecule has 1 N–H and O–H groups in total. The molecule has 3 nitrogen and oxygen atoms in total. The highest BCUT2D eigenvalue weighted by molar-refractivity contribution is 5.94. The Morgan fingerprint density at radius 2 is 1.65 bits per heavy atom. The summed E-state index contributed by atoms with van der Waals surface area (Å²) in [7, 11) is 0. The van der Waals surface area contributed by atoms with Crippen molar-refractivity contribution in [2.45, 2.75) is 67.3 Å². The number of hydrogen-bond acceptors (Lipinski definition) is 2. The van der Waals surface area contributed by atoms with Crippen LogP contribution < -0.4 is 5.32 Å². The first-order valence-electron chi connectivity index (χ1n) is 9.26. The maximum Gasteiger partial charge on any atom is 0.251 e. The van der Waals surface area contributed by atoms with Crippen LogP contribution in [0.2, 0.25) is 0 Å². The third-order valence-corrected chi connectivity index (χ3v) is 3.87. The zero-order valence-electron chi connectivity index (χ0n) is 16.2. The van der Waals surface area contributed by atoms with E-state index in [0.717, 1.165) is 31.5 Å². The molecule has 0 saturated heterocycles. The third-order valence-electron chi connectivity index (χ3n) is 3.87. The van der Waals surface area contributed by atoms with E-state index in [1.807, 2.05) is 40.7 Å². The van der Waals surface area contributed by atoms with E-state index in [9.17, 15) is 4.79 Å². The van der Waals surface area contributed by atoms with E-state index in [0.29, 0.717) is 12.6 Å². The molecule has 1 amide bonds. The third kappa shape index (κ3) is 6.74. The monoisotopic (exact) mass is 320 g/mol. The van der Waals surface area contributed by atoms with Crippen molar-refractivity contribution >= 4 is 5.91 Å². The molecule has 132 valence electrons. The molecule has 3 heteroatoms. The standard InChI is InChI=1S/C16H24N2O.2C2H6/c1-4-17-16(19)15-6-5-13-7-9-18(12(2)3)10-8-14(13)11-15;2*1-2/h5-6,11-12H,4,7-10H2,1-3H3,(H,17,19);2*1-2H3. The Hall–Kier alpha value is -1.35. The van der Waals surface area contributed by atoms with Gasteiger partial charge in [0.05, 0.1) is 0 Å². The highest BCUT2D eigenvalue weighted by atomic mass is 16.1. The van der Waals surface area contributed by atoms with Crippen molar-refractivity contribution in [3.8, 4) is 0 Å². The van der Waals surface area contributed by atoms with Gasteiger partial charge in [-0.2, -0.15) is 0 Å². The molecule has 1 aliphatic rings. The number of carbonyl (C=O) groups excluding carboxylic acids is 1. The predicted molar refractivity (Wildman–Crippen MR) is 101 cm³/mol. The van der Waals surface area contributed by atoms with E-state index in [4.69, 9.17) is 0 Å². The smallest absolute Gasteiger partial charge is 0.251 e. The van der Waals surface area contributed by atoms with Gasteiger partial charge in [0.2, 0.25) is 0 Å². The van der Waals surface area contributed by atoms with Crippen LogP contribution in [0, 0.1) is 0 Å². The number of hydrogen-bond donors (Lipinski definition) is 1. The van der Waals surface area contributed by atoms with Crippen LogP contribution in [0.4, 0.5) is 0 Å². The Balaban J connectivity index is 0.00000112. The van der Waals surface area contributed by atoms with Gasteiger partial charge in [0, 0.05) is 31.2 Å². The summed E-state index contributed by atoms with van der Waals surface area (Å²) in [5.74, 6) is 0.0373. The number of fused-ring (bicyclic) bond motifs is 1. The molecular formula is C20H36N2O. The first-order valence-corrected chi connectivity index (χ1v) is 9.26. The molecule has 0 unspecified atom stereocenters. The quantitative estimate of drug-likeness (QED) is 0.900. The minimum atomic E-state index is 0.0373. The molecule has 2 rings (SSSR count). The van der Waals surface area contributed by atoms with E-state index >= 15 is 0 Å². The summed E-state index contributed by atoms with van der Waals surface area (Å²) < 4.78 is 0. The normalized spacial score (nSPS) is 13.7. The maximum absolute atomic E-state index is 11.9. The van der Waals surface area contributed by atoms with Gasteiger partial charge in [-0.15, -0.1) is 0 Å². The first kappa shape index (κ1) is 21.6. The average Bonchev–Trinajstić information content (AvgIpc) is 2.80. The van der Waals surface area contributed by atoms with Crippen molar-refractivity contribution in [3.63, 3.8) is 0 Å². The Kier molecular flexibility index (Phi) is 11.4. The van der Waals surface area contributed by atoms with Crippen LogP contribution in [0.15, 0.2) is 18.2 Å². The van der Waals surface area contributed by atoms with Crippen LogP contribution in [0.1, 0.15) is 70.0 Å². The zero-order valence-corrected chi connectivity index (χ0v) is 16.2. The molecule has 1 heterocycles. The lowest BCUT2D eigenvalue weighted by molar-refractivity contribution is 0.0955. The van der Waals surface area contributed by atoms with Crippen molar-refractivity contribution in [3.05, 3.63) is 34.9 Å². The lowest BCUT2D eigenvalue weighted by atomic mass is 10.00. The van der Waals surface area contributed by atoms with Gasteiger partial charge < -0.3 is 10.2 Å². The molecule has 1 aromatic rings. The first-order chi connectivity index (χ1) is 11.1. The summed E-state index contributed by atoms with van der Waals surface area (Å²) in [4.78, 5) is 14.4. The Labute approximate surface area is 143 Å². The van der Waals surface area contributed by atoms with Gasteiger partial charge in [-0.3, -0.25) is 4.79 Å². The van der Waals surface area contributed by atoms with E-state index < -0.39 is 0 Å². The van der Waals surface area contributed by atoms with Crippen LogP contribution in [0.5, 0.6) is 0 Å². The lowest BCUT2D eigenvalue weighted by Crippen LogP contribution is -2.32. The summed E-state index contributed by atoms with van der Waals surface area (Å²) in [5, 5.41) is 2.86. The fraction of sp³-hybridized carbons (Fsp3) is 0.650. The Bertz CT molecular complexity index is 455. The number of nitrogens with zero attached hydrogens (tertiary/aromatic N) is 1. The molecule has 0 aromatic heterocycles. The predicted octanol–water partition coefficient (Wildman–Crippen LogP) is 4.30. The highest BCUT2D eigenvalue weighted by Gasteiger charge is 2.17. The molecule has 23 heavy (non-hydrogen) atoms.